The third-order valence-electron chi connectivity index (χ3n) is 6.87. The van der Waals surface area contributed by atoms with Gasteiger partial charge in [-0.1, -0.05) is 67.0 Å². The first kappa shape index (κ1) is 22.8. The normalized spacial score (nSPS) is 13.8. The van der Waals surface area contributed by atoms with Crippen molar-refractivity contribution in [2.24, 2.45) is 0 Å². The molecular formula is C27H24N6O4. The van der Waals surface area contributed by atoms with E-state index in [9.17, 15) is 14.4 Å². The van der Waals surface area contributed by atoms with E-state index in [0.717, 1.165) is 34.4 Å². The molecule has 1 aliphatic rings. The Bertz CT molecular complexity index is 1730. The van der Waals surface area contributed by atoms with E-state index in [4.69, 9.17) is 0 Å². The molecule has 3 aromatic heterocycles. The highest BCUT2D eigenvalue weighted by Crippen LogP contribution is 2.31. The highest BCUT2D eigenvalue weighted by Gasteiger charge is 2.32. The molecular weight excluding hydrogens is 472 g/mol. The minimum Gasteiger partial charge on any atom is -0.300 e. The van der Waals surface area contributed by atoms with Crippen molar-refractivity contribution < 1.29 is 9.32 Å². The predicted molar refractivity (Wildman–Crippen MR) is 135 cm³/mol. The number of carbonyl (C=O) groups is 1. The van der Waals surface area contributed by atoms with E-state index in [1.807, 2.05) is 48.5 Å². The van der Waals surface area contributed by atoms with Crippen LogP contribution >= 0.6 is 0 Å². The average molecular weight is 497 g/mol. The summed E-state index contributed by atoms with van der Waals surface area (Å²) in [6, 6.07) is 15.4. The Labute approximate surface area is 210 Å². The van der Waals surface area contributed by atoms with E-state index in [2.05, 4.69) is 31.7 Å². The van der Waals surface area contributed by atoms with Crippen LogP contribution in [0.15, 0.2) is 69.0 Å². The fourth-order valence-electron chi connectivity index (χ4n) is 5.02. The van der Waals surface area contributed by atoms with Gasteiger partial charge in [-0.05, 0) is 23.1 Å². The van der Waals surface area contributed by atoms with Crippen molar-refractivity contribution in [2.45, 2.75) is 45.1 Å². The third-order valence-corrected chi connectivity index (χ3v) is 6.87. The molecule has 0 unspecified atom stereocenters. The number of benzene rings is 2. The van der Waals surface area contributed by atoms with Gasteiger partial charge >= 0.3 is 5.76 Å². The zero-order valence-electron chi connectivity index (χ0n) is 20.2. The number of aromatic nitrogens is 6. The summed E-state index contributed by atoms with van der Waals surface area (Å²) in [7, 11) is 0. The van der Waals surface area contributed by atoms with Gasteiger partial charge in [0.2, 0.25) is 5.78 Å². The third kappa shape index (κ3) is 4.00. The molecule has 1 fully saturated rings. The zero-order valence-corrected chi connectivity index (χ0v) is 20.2. The number of ketones is 1. The van der Waals surface area contributed by atoms with E-state index < -0.39 is 5.76 Å². The molecule has 3 heterocycles. The van der Waals surface area contributed by atoms with Crippen molar-refractivity contribution in [3.8, 4) is 22.5 Å². The number of fused-ring (bicyclic) bond motifs is 1. The number of aromatic amines is 1. The lowest BCUT2D eigenvalue weighted by Crippen LogP contribution is -2.38. The molecule has 37 heavy (non-hydrogen) atoms. The summed E-state index contributed by atoms with van der Waals surface area (Å²) in [5, 5.41) is 8.24. The molecule has 10 heteroatoms. The van der Waals surface area contributed by atoms with Crippen LogP contribution in [0.25, 0.3) is 28.3 Å². The molecule has 1 aliphatic carbocycles. The molecule has 1 N–H and O–H groups in total. The first-order chi connectivity index (χ1) is 18.0. The van der Waals surface area contributed by atoms with Gasteiger partial charge in [0.15, 0.2) is 5.82 Å². The number of rotatable bonds is 7. The molecule has 2 aromatic carbocycles. The summed E-state index contributed by atoms with van der Waals surface area (Å²) in [5.41, 5.74) is 4.98. The molecule has 0 saturated heterocycles. The lowest BCUT2D eigenvalue weighted by Gasteiger charge is -2.27. The topological polar surface area (TPSA) is 128 Å². The Morgan fingerprint density at radius 1 is 1.03 bits per heavy atom. The average Bonchev–Trinajstić information content (AvgIpc) is 3.55. The Morgan fingerprint density at radius 3 is 2.46 bits per heavy atom. The fourth-order valence-corrected chi connectivity index (χ4v) is 5.02. The number of carbonyl (C=O) groups excluding carboxylic acids is 1. The van der Waals surface area contributed by atoms with Crippen molar-refractivity contribution in [2.75, 3.05) is 0 Å². The standard InChI is InChI=1S/C27H24N6O4/c1-2-5-23-22(25(35)32(18-13-19(34)14-18)26-28-15-29-33(23)26)12-16-8-10-17(11-9-16)20-6-3-4-7-21(20)24-30-27(36)37-31-24/h3-4,6-11,15,18H,2,5,12-14H2,1H3,(H,30,31,36). The van der Waals surface area contributed by atoms with Crippen LogP contribution in [0.1, 0.15) is 49.0 Å². The minimum absolute atomic E-state index is 0.106. The van der Waals surface area contributed by atoms with Gasteiger partial charge < -0.3 is 0 Å². The molecule has 0 radical (unpaired) electrons. The summed E-state index contributed by atoms with van der Waals surface area (Å²) in [6.07, 6.45) is 4.13. The van der Waals surface area contributed by atoms with E-state index in [-0.39, 0.29) is 17.4 Å². The Morgan fingerprint density at radius 2 is 1.78 bits per heavy atom. The van der Waals surface area contributed by atoms with E-state index >= 15 is 0 Å². The van der Waals surface area contributed by atoms with Gasteiger partial charge in [0.05, 0.1) is 11.7 Å². The highest BCUT2D eigenvalue weighted by atomic mass is 16.5. The Hall–Kier alpha value is -4.60. The fraction of sp³-hybridized carbons (Fsp3) is 0.259. The molecule has 186 valence electrons. The van der Waals surface area contributed by atoms with Crippen LogP contribution in [0.2, 0.25) is 0 Å². The quantitative estimate of drug-likeness (QED) is 0.366. The van der Waals surface area contributed by atoms with Crippen LogP contribution in [-0.4, -0.2) is 35.1 Å². The van der Waals surface area contributed by atoms with Gasteiger partial charge in [0.1, 0.15) is 12.1 Å². The van der Waals surface area contributed by atoms with Crippen molar-refractivity contribution in [3.05, 3.63) is 92.6 Å². The number of hydrogen-bond donors (Lipinski definition) is 1. The van der Waals surface area contributed by atoms with E-state index in [0.29, 0.717) is 42.8 Å². The van der Waals surface area contributed by atoms with Crippen molar-refractivity contribution in [1.29, 1.82) is 0 Å². The summed E-state index contributed by atoms with van der Waals surface area (Å²) in [5.74, 6) is 0.404. The van der Waals surface area contributed by atoms with Crippen LogP contribution in [0.3, 0.4) is 0 Å². The van der Waals surface area contributed by atoms with Crippen LogP contribution in [0.4, 0.5) is 0 Å². The number of hydrogen-bond acceptors (Lipinski definition) is 7. The van der Waals surface area contributed by atoms with Crippen LogP contribution in [0, 0.1) is 0 Å². The van der Waals surface area contributed by atoms with Gasteiger partial charge in [-0.3, -0.25) is 23.7 Å². The summed E-state index contributed by atoms with van der Waals surface area (Å²) in [6.45, 7) is 2.07. The van der Waals surface area contributed by atoms with Crippen molar-refractivity contribution in [3.63, 3.8) is 0 Å². The molecule has 0 amide bonds. The Balaban J connectivity index is 1.39. The highest BCUT2D eigenvalue weighted by molar-refractivity contribution is 5.85. The molecule has 10 nitrogen and oxygen atoms in total. The maximum Gasteiger partial charge on any atom is 0.439 e. The maximum absolute atomic E-state index is 13.7. The number of aryl methyl sites for hydroxylation is 1. The number of Topliss-reactive ketones (excluding diaryl/α,β-unsaturated/α-hetero) is 1. The summed E-state index contributed by atoms with van der Waals surface area (Å²) in [4.78, 5) is 43.8. The first-order valence-electron chi connectivity index (χ1n) is 12.3. The SMILES string of the molecule is CCCc1c(Cc2ccc(-c3ccccc3-c3noc(=O)[nH]3)cc2)c(=O)n(C2CC(=O)C2)c2ncnn12. The predicted octanol–water partition coefficient (Wildman–Crippen LogP) is 3.35. The first-order valence-corrected chi connectivity index (χ1v) is 12.3. The molecule has 0 atom stereocenters. The number of nitrogens with one attached hydrogen (secondary N) is 1. The lowest BCUT2D eigenvalue weighted by molar-refractivity contribution is -0.126. The van der Waals surface area contributed by atoms with Crippen LogP contribution in [-0.2, 0) is 17.6 Å². The Kier molecular flexibility index (Phi) is 5.63. The largest absolute Gasteiger partial charge is 0.439 e. The minimum atomic E-state index is -0.607. The second kappa shape index (κ2) is 9.12. The summed E-state index contributed by atoms with van der Waals surface area (Å²) < 4.78 is 8.09. The molecule has 6 rings (SSSR count). The van der Waals surface area contributed by atoms with Crippen molar-refractivity contribution in [1.82, 2.24) is 29.3 Å². The maximum atomic E-state index is 13.7. The van der Waals surface area contributed by atoms with E-state index in [1.165, 1.54) is 6.33 Å². The van der Waals surface area contributed by atoms with Gasteiger partial charge in [-0.2, -0.15) is 10.1 Å². The molecule has 0 spiro atoms. The molecule has 5 aromatic rings. The van der Waals surface area contributed by atoms with Gasteiger partial charge in [0.25, 0.3) is 5.56 Å². The van der Waals surface area contributed by atoms with Crippen LogP contribution < -0.4 is 11.3 Å². The number of nitrogens with zero attached hydrogens (tertiary/aromatic N) is 5. The second-order valence-corrected chi connectivity index (χ2v) is 9.29. The zero-order chi connectivity index (χ0) is 25.5. The van der Waals surface area contributed by atoms with Crippen molar-refractivity contribution >= 4 is 11.6 Å². The van der Waals surface area contributed by atoms with Gasteiger partial charge in [-0.25, -0.2) is 9.31 Å². The number of H-pyrrole nitrogens is 1. The molecule has 1 saturated carbocycles. The van der Waals surface area contributed by atoms with Gasteiger partial charge in [-0.15, -0.1) is 0 Å². The van der Waals surface area contributed by atoms with Crippen LogP contribution in [0.5, 0.6) is 0 Å². The van der Waals surface area contributed by atoms with E-state index in [1.54, 1.807) is 9.08 Å². The molecule has 0 aliphatic heterocycles. The lowest BCUT2D eigenvalue weighted by atomic mass is 9.90. The van der Waals surface area contributed by atoms with Gasteiger partial charge in [0, 0.05) is 30.4 Å². The molecule has 0 bridgehead atoms. The second-order valence-electron chi connectivity index (χ2n) is 9.29. The summed E-state index contributed by atoms with van der Waals surface area (Å²) >= 11 is 0. The monoisotopic (exact) mass is 496 g/mol. The smallest absolute Gasteiger partial charge is 0.300 e.